The minimum Gasteiger partial charge on any atom is -0.457 e. The molecule has 4 heteroatoms. The second kappa shape index (κ2) is 8.75. The van der Waals surface area contributed by atoms with E-state index >= 15 is 0 Å². The fraction of sp³-hybridized carbons (Fsp3) is 0.0455. The first-order valence-corrected chi connectivity index (χ1v) is 8.44. The number of hydrogen-bond donors (Lipinski definition) is 1. The van der Waals surface area contributed by atoms with Crippen LogP contribution in [0.4, 0.5) is 0 Å². The Balaban J connectivity index is 1.54. The van der Waals surface area contributed by atoms with Gasteiger partial charge in [-0.2, -0.15) is 0 Å². The molecule has 0 aliphatic carbocycles. The minimum atomic E-state index is -0.184. The quantitative estimate of drug-likeness (QED) is 0.670. The highest BCUT2D eigenvalue weighted by Crippen LogP contribution is 2.21. The van der Waals surface area contributed by atoms with Gasteiger partial charge in [-0.25, -0.2) is 0 Å². The normalized spacial score (nSPS) is 9.73. The molecule has 0 radical (unpaired) electrons. The Morgan fingerprint density at radius 1 is 0.923 bits per heavy atom. The molecule has 1 N–H and O–H groups in total. The van der Waals surface area contributed by atoms with Gasteiger partial charge in [-0.1, -0.05) is 47.7 Å². The molecular formula is C22H16ClNO2. The standard InChI is InChI=1S/C22H16ClNO2/c23-19-8-4-6-17(16-19)7-5-15-24-22(25)18-11-13-21(14-12-18)26-20-9-2-1-3-10-20/h1-4,6,8-14,16H,15H2,(H,24,25). The van der Waals surface area contributed by atoms with Crippen LogP contribution >= 0.6 is 11.6 Å². The number of benzene rings is 3. The SMILES string of the molecule is O=C(NCC#Cc1cccc(Cl)c1)c1ccc(Oc2ccccc2)cc1. The van der Waals surface area contributed by atoms with Gasteiger partial charge < -0.3 is 10.1 Å². The number of halogens is 1. The van der Waals surface area contributed by atoms with E-state index in [4.69, 9.17) is 16.3 Å². The van der Waals surface area contributed by atoms with E-state index in [0.29, 0.717) is 16.3 Å². The second-order valence-electron chi connectivity index (χ2n) is 5.43. The largest absolute Gasteiger partial charge is 0.457 e. The molecule has 0 spiro atoms. The lowest BCUT2D eigenvalue weighted by molar-refractivity contribution is 0.0958. The topological polar surface area (TPSA) is 38.3 Å². The number of carbonyl (C=O) groups is 1. The van der Waals surface area contributed by atoms with Crippen molar-refractivity contribution >= 4 is 17.5 Å². The lowest BCUT2D eigenvalue weighted by atomic mass is 10.2. The predicted octanol–water partition coefficient (Wildman–Crippen LogP) is 4.91. The minimum absolute atomic E-state index is 0.184. The van der Waals surface area contributed by atoms with E-state index in [9.17, 15) is 4.79 Å². The summed E-state index contributed by atoms with van der Waals surface area (Å²) in [5.41, 5.74) is 1.36. The van der Waals surface area contributed by atoms with Gasteiger partial charge in [0.25, 0.3) is 5.91 Å². The molecule has 0 aromatic heterocycles. The molecule has 0 aliphatic rings. The van der Waals surface area contributed by atoms with Crippen molar-refractivity contribution in [1.82, 2.24) is 5.32 Å². The third kappa shape index (κ3) is 5.14. The first-order chi connectivity index (χ1) is 12.7. The van der Waals surface area contributed by atoms with Crippen LogP contribution in [0.3, 0.4) is 0 Å². The van der Waals surface area contributed by atoms with Gasteiger partial charge in [-0.15, -0.1) is 0 Å². The summed E-state index contributed by atoms with van der Waals surface area (Å²) >= 11 is 5.90. The zero-order valence-corrected chi connectivity index (χ0v) is 14.7. The van der Waals surface area contributed by atoms with Crippen LogP contribution in [0.15, 0.2) is 78.9 Å². The highest BCUT2D eigenvalue weighted by molar-refractivity contribution is 6.30. The van der Waals surface area contributed by atoms with Gasteiger partial charge in [0.2, 0.25) is 0 Å². The van der Waals surface area contributed by atoms with E-state index in [2.05, 4.69) is 17.2 Å². The van der Waals surface area contributed by atoms with Crippen molar-refractivity contribution in [2.24, 2.45) is 0 Å². The van der Waals surface area contributed by atoms with E-state index in [1.54, 1.807) is 36.4 Å². The lowest BCUT2D eigenvalue weighted by Crippen LogP contribution is -2.23. The third-order valence-corrected chi connectivity index (χ3v) is 3.73. The first-order valence-electron chi connectivity index (χ1n) is 8.06. The third-order valence-electron chi connectivity index (χ3n) is 3.49. The van der Waals surface area contributed by atoms with Crippen molar-refractivity contribution in [3.63, 3.8) is 0 Å². The van der Waals surface area contributed by atoms with Crippen LogP contribution < -0.4 is 10.1 Å². The van der Waals surface area contributed by atoms with E-state index < -0.39 is 0 Å². The van der Waals surface area contributed by atoms with Gasteiger partial charge in [0.15, 0.2) is 0 Å². The maximum absolute atomic E-state index is 12.1. The Bertz CT molecular complexity index is 941. The number of para-hydroxylation sites is 1. The molecule has 0 atom stereocenters. The van der Waals surface area contributed by atoms with Crippen LogP contribution in [0.2, 0.25) is 5.02 Å². The zero-order chi connectivity index (χ0) is 18.2. The number of nitrogens with one attached hydrogen (secondary N) is 1. The van der Waals surface area contributed by atoms with Crippen LogP contribution in [0.25, 0.3) is 0 Å². The zero-order valence-electron chi connectivity index (χ0n) is 13.9. The Morgan fingerprint density at radius 3 is 2.38 bits per heavy atom. The summed E-state index contributed by atoms with van der Waals surface area (Å²) < 4.78 is 5.71. The van der Waals surface area contributed by atoms with Gasteiger partial charge >= 0.3 is 0 Å². The summed E-state index contributed by atoms with van der Waals surface area (Å²) in [4.78, 5) is 12.1. The van der Waals surface area contributed by atoms with E-state index in [1.807, 2.05) is 42.5 Å². The van der Waals surface area contributed by atoms with Gasteiger partial charge in [-0.3, -0.25) is 4.79 Å². The molecule has 1 amide bonds. The molecule has 3 aromatic rings. The van der Waals surface area contributed by atoms with Crippen LogP contribution in [-0.4, -0.2) is 12.5 Å². The molecule has 3 rings (SSSR count). The van der Waals surface area contributed by atoms with Crippen LogP contribution in [0.1, 0.15) is 15.9 Å². The maximum Gasteiger partial charge on any atom is 0.252 e. The lowest BCUT2D eigenvalue weighted by Gasteiger charge is -2.06. The molecule has 0 aliphatic heterocycles. The monoisotopic (exact) mass is 361 g/mol. The van der Waals surface area contributed by atoms with Gasteiger partial charge in [0.1, 0.15) is 11.5 Å². The Morgan fingerprint density at radius 2 is 1.65 bits per heavy atom. The molecule has 3 nitrogen and oxygen atoms in total. The summed E-state index contributed by atoms with van der Waals surface area (Å²) in [5, 5.41) is 3.40. The van der Waals surface area contributed by atoms with E-state index in [0.717, 1.165) is 11.3 Å². The average molecular weight is 362 g/mol. The smallest absolute Gasteiger partial charge is 0.252 e. The van der Waals surface area contributed by atoms with Crippen molar-refractivity contribution in [3.8, 4) is 23.3 Å². The molecule has 0 unspecified atom stereocenters. The number of ether oxygens (including phenoxy) is 1. The molecule has 26 heavy (non-hydrogen) atoms. The summed E-state index contributed by atoms with van der Waals surface area (Å²) in [7, 11) is 0. The van der Waals surface area contributed by atoms with Gasteiger partial charge in [-0.05, 0) is 54.6 Å². The number of rotatable bonds is 4. The van der Waals surface area contributed by atoms with Crippen molar-refractivity contribution in [3.05, 3.63) is 95.0 Å². The van der Waals surface area contributed by atoms with Crippen LogP contribution in [0.5, 0.6) is 11.5 Å². The van der Waals surface area contributed by atoms with Crippen LogP contribution in [-0.2, 0) is 0 Å². The molecule has 0 fully saturated rings. The maximum atomic E-state index is 12.1. The summed E-state index contributed by atoms with van der Waals surface area (Å²) in [6, 6.07) is 23.7. The fourth-order valence-corrected chi connectivity index (χ4v) is 2.43. The number of carbonyl (C=O) groups excluding carboxylic acids is 1. The Kier molecular flexibility index (Phi) is 5.92. The highest BCUT2D eigenvalue weighted by Gasteiger charge is 2.04. The molecule has 0 bridgehead atoms. The fourth-order valence-electron chi connectivity index (χ4n) is 2.24. The average Bonchev–Trinajstić information content (AvgIpc) is 2.66. The molecule has 0 saturated carbocycles. The molecule has 128 valence electrons. The molecule has 3 aromatic carbocycles. The summed E-state index contributed by atoms with van der Waals surface area (Å²) in [6.07, 6.45) is 0. The van der Waals surface area contributed by atoms with Crippen molar-refractivity contribution in [2.75, 3.05) is 6.54 Å². The van der Waals surface area contributed by atoms with E-state index in [-0.39, 0.29) is 12.5 Å². The van der Waals surface area contributed by atoms with Gasteiger partial charge in [0.05, 0.1) is 6.54 Å². The van der Waals surface area contributed by atoms with E-state index in [1.165, 1.54) is 0 Å². The van der Waals surface area contributed by atoms with Crippen LogP contribution in [0, 0.1) is 11.8 Å². The Hall–Kier alpha value is -3.22. The molecule has 0 heterocycles. The van der Waals surface area contributed by atoms with Crippen molar-refractivity contribution < 1.29 is 9.53 Å². The number of hydrogen-bond acceptors (Lipinski definition) is 2. The summed E-state index contributed by atoms with van der Waals surface area (Å²) in [5.74, 6) is 7.11. The molecular weight excluding hydrogens is 346 g/mol. The second-order valence-corrected chi connectivity index (χ2v) is 5.87. The Labute approximate surface area is 157 Å². The van der Waals surface area contributed by atoms with Crippen molar-refractivity contribution in [2.45, 2.75) is 0 Å². The number of amides is 1. The first kappa shape index (κ1) is 17.6. The highest BCUT2D eigenvalue weighted by atomic mass is 35.5. The van der Waals surface area contributed by atoms with Gasteiger partial charge in [0, 0.05) is 16.1 Å². The molecule has 0 saturated heterocycles. The predicted molar refractivity (Wildman–Crippen MR) is 104 cm³/mol. The summed E-state index contributed by atoms with van der Waals surface area (Å²) in [6.45, 7) is 0.258. The van der Waals surface area contributed by atoms with Crippen molar-refractivity contribution in [1.29, 1.82) is 0 Å².